The first-order valence-electron chi connectivity index (χ1n) is 8.82. The monoisotopic (exact) mass is 352 g/mol. The van der Waals surface area contributed by atoms with Crippen molar-refractivity contribution in [2.75, 3.05) is 0 Å². The van der Waals surface area contributed by atoms with Crippen LogP contribution in [0.5, 0.6) is 0 Å². The van der Waals surface area contributed by atoms with Gasteiger partial charge in [0.2, 0.25) is 0 Å². The number of aliphatic hydroxyl groups is 1. The summed E-state index contributed by atoms with van der Waals surface area (Å²) in [5.74, 6) is 0.0198. The zero-order chi connectivity index (χ0) is 18.5. The predicted molar refractivity (Wildman–Crippen MR) is 109 cm³/mol. The third kappa shape index (κ3) is 2.18. The van der Waals surface area contributed by atoms with Crippen molar-refractivity contribution in [3.63, 3.8) is 0 Å². The van der Waals surface area contributed by atoms with Crippen LogP contribution in [0.1, 0.15) is 6.92 Å². The molecule has 3 aromatic rings. The quantitative estimate of drug-likeness (QED) is 0.336. The summed E-state index contributed by atoms with van der Waals surface area (Å²) in [6, 6.07) is 23.0. The van der Waals surface area contributed by atoms with Gasteiger partial charge in [-0.1, -0.05) is 60.7 Å². The van der Waals surface area contributed by atoms with E-state index < -0.39 is 0 Å². The van der Waals surface area contributed by atoms with E-state index in [4.69, 9.17) is 4.42 Å². The lowest BCUT2D eigenvalue weighted by molar-refractivity contribution is 0.499. The van der Waals surface area contributed by atoms with E-state index in [0.717, 1.165) is 33.2 Å². The molecule has 5 rings (SSSR count). The van der Waals surface area contributed by atoms with Crippen LogP contribution in [-0.2, 0) is 0 Å². The molecule has 2 aliphatic rings. The van der Waals surface area contributed by atoms with E-state index in [1.807, 2.05) is 66.7 Å². The summed E-state index contributed by atoms with van der Waals surface area (Å²) in [6.07, 6.45) is 0. The van der Waals surface area contributed by atoms with Crippen molar-refractivity contribution in [2.45, 2.75) is 6.92 Å². The van der Waals surface area contributed by atoms with Crippen molar-refractivity contribution in [1.82, 2.24) is 0 Å². The molecule has 3 nitrogen and oxygen atoms in total. The molecule has 1 N–H and O–H groups in total. The van der Waals surface area contributed by atoms with Gasteiger partial charge in [-0.25, -0.2) is 0 Å². The summed E-state index contributed by atoms with van der Waals surface area (Å²) in [6.45, 7) is 1.57. The zero-order valence-corrected chi connectivity index (χ0v) is 14.7. The molecular formula is C24H16O3. The Bertz CT molecular complexity index is 1390. The molecule has 1 aliphatic carbocycles. The maximum atomic E-state index is 13.3. The van der Waals surface area contributed by atoms with Gasteiger partial charge >= 0.3 is 0 Å². The Morgan fingerprint density at radius 1 is 0.741 bits per heavy atom. The first kappa shape index (κ1) is 15.6. The van der Waals surface area contributed by atoms with Crippen LogP contribution in [0.2, 0.25) is 0 Å². The van der Waals surface area contributed by atoms with E-state index in [1.54, 1.807) is 13.0 Å². The van der Waals surface area contributed by atoms with E-state index in [9.17, 15) is 9.90 Å². The highest BCUT2D eigenvalue weighted by Gasteiger charge is 2.24. The van der Waals surface area contributed by atoms with Gasteiger partial charge in [-0.3, -0.25) is 4.79 Å². The Labute approximate surface area is 155 Å². The van der Waals surface area contributed by atoms with Crippen LogP contribution >= 0.6 is 0 Å². The van der Waals surface area contributed by atoms with Crippen molar-refractivity contribution < 1.29 is 9.52 Å². The van der Waals surface area contributed by atoms with Crippen molar-refractivity contribution in [1.29, 1.82) is 0 Å². The minimum absolute atomic E-state index is 0.0198. The van der Waals surface area contributed by atoms with Crippen LogP contribution in [0.25, 0.3) is 50.0 Å². The summed E-state index contributed by atoms with van der Waals surface area (Å²) < 4.78 is 6.09. The molecule has 1 aliphatic heterocycles. The van der Waals surface area contributed by atoms with Gasteiger partial charge in [-0.05, 0) is 24.6 Å². The lowest BCUT2D eigenvalue weighted by Crippen LogP contribution is -2.30. The fourth-order valence-corrected chi connectivity index (χ4v) is 3.95. The van der Waals surface area contributed by atoms with Crippen molar-refractivity contribution >= 4 is 27.7 Å². The summed E-state index contributed by atoms with van der Waals surface area (Å²) in [7, 11) is 0. The second kappa shape index (κ2) is 5.71. The molecule has 0 saturated carbocycles. The Morgan fingerprint density at radius 2 is 1.41 bits per heavy atom. The van der Waals surface area contributed by atoms with Gasteiger partial charge in [-0.15, -0.1) is 0 Å². The molecule has 3 aromatic carbocycles. The molecule has 0 radical (unpaired) electrons. The number of hydrogen-bond acceptors (Lipinski definition) is 3. The van der Waals surface area contributed by atoms with E-state index in [-0.39, 0.29) is 11.2 Å². The van der Waals surface area contributed by atoms with Crippen molar-refractivity contribution in [3.8, 4) is 22.3 Å². The second-order valence-electron chi connectivity index (χ2n) is 6.68. The standard InChI is InChI=1S/C24H16O3/c1-14(25)20-21(15-8-3-2-4-9-15)23-16-10-5-6-12-18(16)27-19-13-7-11-17(22(19)23)24(20)26/h2-13,25H,1H3/b20-14-. The van der Waals surface area contributed by atoms with Crippen LogP contribution < -0.4 is 10.6 Å². The van der Waals surface area contributed by atoms with Crippen LogP contribution in [0.15, 0.2) is 82.0 Å². The zero-order valence-electron chi connectivity index (χ0n) is 14.7. The third-order valence-electron chi connectivity index (χ3n) is 5.05. The van der Waals surface area contributed by atoms with Gasteiger partial charge in [0.15, 0.2) is 5.43 Å². The second-order valence-corrected chi connectivity index (χ2v) is 6.68. The van der Waals surface area contributed by atoms with Gasteiger partial charge < -0.3 is 9.52 Å². The summed E-state index contributed by atoms with van der Waals surface area (Å²) in [4.78, 5) is 13.3. The van der Waals surface area contributed by atoms with E-state index in [2.05, 4.69) is 0 Å². The number of hydrogen-bond donors (Lipinski definition) is 1. The molecule has 1 heterocycles. The molecule has 0 unspecified atom stereocenters. The van der Waals surface area contributed by atoms with Crippen LogP contribution in [0.3, 0.4) is 0 Å². The number of fused-ring (bicyclic) bond motifs is 2. The maximum Gasteiger partial charge on any atom is 0.197 e. The van der Waals surface area contributed by atoms with Gasteiger partial charge in [0.25, 0.3) is 0 Å². The Morgan fingerprint density at radius 3 is 2.19 bits per heavy atom. The molecule has 0 aromatic heterocycles. The smallest absolute Gasteiger partial charge is 0.197 e. The highest BCUT2D eigenvalue weighted by Crippen LogP contribution is 2.42. The molecule has 0 spiro atoms. The minimum Gasteiger partial charge on any atom is -0.512 e. The van der Waals surface area contributed by atoms with Gasteiger partial charge in [0.05, 0.1) is 5.22 Å². The lowest BCUT2D eigenvalue weighted by atomic mass is 9.85. The maximum absolute atomic E-state index is 13.3. The molecule has 0 fully saturated rings. The average Bonchev–Trinajstić information content (AvgIpc) is 2.70. The van der Waals surface area contributed by atoms with E-state index in [1.165, 1.54) is 0 Å². The SMILES string of the molecule is C/C(O)=c1\c(-c2ccccc2)c2c3ccccc3oc3cccc(c3-2)c1=O. The lowest BCUT2D eigenvalue weighted by Gasteiger charge is -2.19. The Kier molecular flexibility index (Phi) is 3.31. The highest BCUT2D eigenvalue weighted by molar-refractivity contribution is 6.12. The van der Waals surface area contributed by atoms with Crippen LogP contribution in [-0.4, -0.2) is 5.11 Å². The average molecular weight is 352 g/mol. The predicted octanol–water partition coefficient (Wildman–Crippen LogP) is 5.12. The van der Waals surface area contributed by atoms with E-state index >= 15 is 0 Å². The number of benzene rings is 4. The molecule has 0 atom stereocenters. The molecular weight excluding hydrogens is 336 g/mol. The topological polar surface area (TPSA) is 50.4 Å². The number of rotatable bonds is 1. The first-order chi connectivity index (χ1) is 13.2. The molecule has 3 heteroatoms. The van der Waals surface area contributed by atoms with Gasteiger partial charge in [-0.2, -0.15) is 0 Å². The Balaban J connectivity index is 2.21. The molecule has 0 saturated heterocycles. The minimum atomic E-state index is -0.183. The number of aliphatic hydroxyl groups excluding tert-OH is 1. The summed E-state index contributed by atoms with van der Waals surface area (Å²) >= 11 is 0. The normalized spacial score (nSPS) is 12.8. The fourth-order valence-electron chi connectivity index (χ4n) is 3.95. The number of para-hydroxylation sites is 1. The Hall–Kier alpha value is -3.59. The van der Waals surface area contributed by atoms with Crippen molar-refractivity contribution in [2.24, 2.45) is 0 Å². The molecule has 27 heavy (non-hydrogen) atoms. The third-order valence-corrected chi connectivity index (χ3v) is 5.05. The molecule has 0 amide bonds. The largest absolute Gasteiger partial charge is 0.512 e. The van der Waals surface area contributed by atoms with Crippen LogP contribution in [0.4, 0.5) is 0 Å². The van der Waals surface area contributed by atoms with Crippen molar-refractivity contribution in [3.05, 3.63) is 88.2 Å². The summed E-state index contributed by atoms with van der Waals surface area (Å²) in [5.41, 5.74) is 4.59. The van der Waals surface area contributed by atoms with Crippen LogP contribution in [0, 0.1) is 0 Å². The van der Waals surface area contributed by atoms with Gasteiger partial charge in [0.1, 0.15) is 16.9 Å². The summed E-state index contributed by atoms with van der Waals surface area (Å²) in [5, 5.41) is 12.3. The molecule has 0 bridgehead atoms. The van der Waals surface area contributed by atoms with E-state index in [0.29, 0.717) is 16.2 Å². The first-order valence-corrected chi connectivity index (χ1v) is 8.82. The van der Waals surface area contributed by atoms with Gasteiger partial charge in [0, 0.05) is 27.5 Å². The molecule has 130 valence electrons. The fraction of sp³-hybridized carbons (Fsp3) is 0.0417. The highest BCUT2D eigenvalue weighted by atomic mass is 16.3.